The Kier molecular flexibility index (Phi) is 5.90. The van der Waals surface area contributed by atoms with Gasteiger partial charge < -0.3 is 15.2 Å². The Morgan fingerprint density at radius 1 is 1.38 bits per heavy atom. The second-order valence-electron chi connectivity index (χ2n) is 6.19. The van der Waals surface area contributed by atoms with Crippen LogP contribution < -0.4 is 5.32 Å². The van der Waals surface area contributed by atoms with E-state index in [0.717, 1.165) is 11.3 Å². The van der Waals surface area contributed by atoms with Crippen LogP contribution in [0.2, 0.25) is 0 Å². The topological polar surface area (TPSA) is 78.9 Å². The summed E-state index contributed by atoms with van der Waals surface area (Å²) in [7, 11) is 0. The molecule has 1 fully saturated rings. The van der Waals surface area contributed by atoms with Gasteiger partial charge in [0, 0.05) is 5.56 Å². The smallest absolute Gasteiger partial charge is 0.325 e. The van der Waals surface area contributed by atoms with Crippen LogP contribution in [0.4, 0.5) is 9.18 Å². The van der Waals surface area contributed by atoms with Crippen LogP contribution in [0.3, 0.4) is 0 Å². The highest BCUT2D eigenvalue weighted by molar-refractivity contribution is 6.06. The summed E-state index contributed by atoms with van der Waals surface area (Å²) in [5, 5.41) is 12.7. The van der Waals surface area contributed by atoms with Crippen LogP contribution in [0.5, 0.6) is 0 Å². The number of carbonyl (C=O) groups excluding carboxylic acids is 2. The zero-order valence-corrected chi connectivity index (χ0v) is 13.9. The second-order valence-corrected chi connectivity index (χ2v) is 6.19. The van der Waals surface area contributed by atoms with Gasteiger partial charge in [0.2, 0.25) is 0 Å². The number of amides is 3. The van der Waals surface area contributed by atoms with E-state index in [1.165, 1.54) is 6.07 Å². The Balaban J connectivity index is 1.84. The van der Waals surface area contributed by atoms with Crippen molar-refractivity contribution < 1.29 is 23.8 Å². The van der Waals surface area contributed by atoms with E-state index in [1.54, 1.807) is 25.1 Å². The van der Waals surface area contributed by atoms with Gasteiger partial charge in [-0.05, 0) is 19.4 Å². The van der Waals surface area contributed by atoms with E-state index in [4.69, 9.17) is 4.74 Å². The summed E-state index contributed by atoms with van der Waals surface area (Å²) < 4.78 is 18.7. The van der Waals surface area contributed by atoms with E-state index in [1.807, 2.05) is 6.92 Å². The van der Waals surface area contributed by atoms with Crippen LogP contribution in [-0.4, -0.2) is 46.7 Å². The Bertz CT molecular complexity index is 610. The maximum Gasteiger partial charge on any atom is 0.325 e. The van der Waals surface area contributed by atoms with Gasteiger partial charge in [0.1, 0.15) is 11.4 Å². The molecule has 0 spiro atoms. The number of β-amino-alcohol motifs (C(OH)–C–C–N with tert-alkyl or cyclic N) is 1. The lowest BCUT2D eigenvalue weighted by Crippen LogP contribution is -2.44. The first-order valence-corrected chi connectivity index (χ1v) is 8.00. The number of aliphatic hydroxyl groups excluding tert-OH is 1. The van der Waals surface area contributed by atoms with Crippen molar-refractivity contribution in [3.05, 3.63) is 35.6 Å². The summed E-state index contributed by atoms with van der Waals surface area (Å²) in [6.45, 7) is 3.37. The standard InChI is InChI=1S/C17H23FN2O4/c1-3-8-17(2)15(22)20(16(23)19-17)9-13(21)11-24-10-12-6-4-5-7-14(12)18/h4-7,13,21H,3,8-11H2,1-2H3,(H,19,23). The van der Waals surface area contributed by atoms with Crippen molar-refractivity contribution in [2.24, 2.45) is 0 Å². The highest BCUT2D eigenvalue weighted by Gasteiger charge is 2.47. The number of halogens is 1. The Morgan fingerprint density at radius 2 is 2.08 bits per heavy atom. The highest BCUT2D eigenvalue weighted by atomic mass is 19.1. The Labute approximate surface area is 140 Å². The number of rotatable bonds is 8. The van der Waals surface area contributed by atoms with Gasteiger partial charge in [-0.15, -0.1) is 0 Å². The lowest BCUT2D eigenvalue weighted by Gasteiger charge is -2.22. The van der Waals surface area contributed by atoms with Crippen molar-refractivity contribution in [2.75, 3.05) is 13.2 Å². The lowest BCUT2D eigenvalue weighted by atomic mass is 9.96. The van der Waals surface area contributed by atoms with E-state index >= 15 is 0 Å². The minimum atomic E-state index is -1.03. The number of imide groups is 1. The molecule has 1 aliphatic rings. The van der Waals surface area contributed by atoms with Gasteiger partial charge in [0.05, 0.1) is 25.9 Å². The third-order valence-electron chi connectivity index (χ3n) is 4.01. The average molecular weight is 338 g/mol. The van der Waals surface area contributed by atoms with Gasteiger partial charge in [-0.3, -0.25) is 9.69 Å². The number of hydrogen-bond acceptors (Lipinski definition) is 4. The van der Waals surface area contributed by atoms with Crippen molar-refractivity contribution in [3.8, 4) is 0 Å². The third-order valence-corrected chi connectivity index (χ3v) is 4.01. The number of nitrogens with one attached hydrogen (secondary N) is 1. The molecule has 0 saturated carbocycles. The number of aliphatic hydroxyl groups is 1. The van der Waals surface area contributed by atoms with Gasteiger partial charge in [-0.25, -0.2) is 9.18 Å². The van der Waals surface area contributed by atoms with Gasteiger partial charge in [0.25, 0.3) is 5.91 Å². The molecule has 2 atom stereocenters. The quantitative estimate of drug-likeness (QED) is 0.709. The number of hydrogen-bond donors (Lipinski definition) is 2. The van der Waals surface area contributed by atoms with Gasteiger partial charge in [0.15, 0.2) is 0 Å². The lowest BCUT2D eigenvalue weighted by molar-refractivity contribution is -0.132. The van der Waals surface area contributed by atoms with Crippen LogP contribution >= 0.6 is 0 Å². The van der Waals surface area contributed by atoms with Gasteiger partial charge in [-0.1, -0.05) is 31.5 Å². The molecule has 0 aromatic heterocycles. The van der Waals surface area contributed by atoms with Crippen LogP contribution in [0.25, 0.3) is 0 Å². The van der Waals surface area contributed by atoms with Gasteiger partial charge in [-0.2, -0.15) is 0 Å². The zero-order chi connectivity index (χ0) is 17.7. The second kappa shape index (κ2) is 7.72. The predicted octanol–water partition coefficient (Wildman–Crippen LogP) is 1.81. The molecular formula is C17H23FN2O4. The Morgan fingerprint density at radius 3 is 2.75 bits per heavy atom. The zero-order valence-electron chi connectivity index (χ0n) is 13.9. The maximum absolute atomic E-state index is 13.5. The van der Waals surface area contributed by atoms with Gasteiger partial charge >= 0.3 is 6.03 Å². The van der Waals surface area contributed by atoms with E-state index in [-0.39, 0.29) is 31.5 Å². The molecule has 0 radical (unpaired) electrons. The monoisotopic (exact) mass is 338 g/mol. The molecule has 1 aromatic rings. The van der Waals surface area contributed by atoms with Crippen LogP contribution in [0.15, 0.2) is 24.3 Å². The molecule has 7 heteroatoms. The third kappa shape index (κ3) is 4.10. The normalized spacial score (nSPS) is 21.9. The van der Waals surface area contributed by atoms with Crippen molar-refractivity contribution in [1.82, 2.24) is 10.2 Å². The van der Waals surface area contributed by atoms with E-state index < -0.39 is 17.7 Å². The molecule has 2 rings (SSSR count). The summed E-state index contributed by atoms with van der Waals surface area (Å²) in [5.74, 6) is -0.723. The fourth-order valence-electron chi connectivity index (χ4n) is 2.77. The molecule has 24 heavy (non-hydrogen) atoms. The number of carbonyl (C=O) groups is 2. The summed E-state index contributed by atoms with van der Waals surface area (Å²) in [5.41, 5.74) is -0.533. The molecule has 6 nitrogen and oxygen atoms in total. The molecule has 1 aromatic carbocycles. The first kappa shape index (κ1) is 18.4. The molecule has 1 heterocycles. The van der Waals surface area contributed by atoms with Crippen molar-refractivity contribution >= 4 is 11.9 Å². The van der Waals surface area contributed by atoms with Crippen LogP contribution in [0, 0.1) is 5.82 Å². The molecule has 2 N–H and O–H groups in total. The van der Waals surface area contributed by atoms with Crippen molar-refractivity contribution in [3.63, 3.8) is 0 Å². The van der Waals surface area contributed by atoms with Crippen molar-refractivity contribution in [2.45, 2.75) is 44.9 Å². The summed E-state index contributed by atoms with van der Waals surface area (Å²) in [6.07, 6.45) is 0.258. The Hall–Kier alpha value is -1.99. The summed E-state index contributed by atoms with van der Waals surface area (Å²) in [4.78, 5) is 25.3. The highest BCUT2D eigenvalue weighted by Crippen LogP contribution is 2.22. The molecular weight excluding hydrogens is 315 g/mol. The maximum atomic E-state index is 13.5. The molecule has 0 bridgehead atoms. The molecule has 1 aliphatic heterocycles. The predicted molar refractivity (Wildman–Crippen MR) is 85.6 cm³/mol. The molecule has 0 aliphatic carbocycles. The summed E-state index contributed by atoms with van der Waals surface area (Å²) >= 11 is 0. The van der Waals surface area contributed by atoms with Crippen LogP contribution in [0.1, 0.15) is 32.3 Å². The first-order chi connectivity index (χ1) is 11.4. The molecule has 132 valence electrons. The van der Waals surface area contributed by atoms with Crippen LogP contribution in [-0.2, 0) is 16.1 Å². The molecule has 3 amide bonds. The number of ether oxygens (including phenoxy) is 1. The van der Waals surface area contributed by atoms with E-state index in [0.29, 0.717) is 12.0 Å². The number of urea groups is 1. The fourth-order valence-corrected chi connectivity index (χ4v) is 2.77. The SMILES string of the molecule is CCCC1(C)NC(=O)N(CC(O)COCc2ccccc2F)C1=O. The fraction of sp³-hybridized carbons (Fsp3) is 0.529. The minimum absolute atomic E-state index is 0.0113. The molecule has 2 unspecified atom stereocenters. The summed E-state index contributed by atoms with van der Waals surface area (Å²) in [6, 6.07) is 5.69. The minimum Gasteiger partial charge on any atom is -0.389 e. The number of benzene rings is 1. The first-order valence-electron chi connectivity index (χ1n) is 8.00. The van der Waals surface area contributed by atoms with E-state index in [2.05, 4.69) is 5.32 Å². The average Bonchev–Trinajstić information content (AvgIpc) is 2.73. The molecule has 1 saturated heterocycles. The number of nitrogens with zero attached hydrogens (tertiary/aromatic N) is 1. The largest absolute Gasteiger partial charge is 0.389 e. The van der Waals surface area contributed by atoms with E-state index in [9.17, 15) is 19.1 Å². The van der Waals surface area contributed by atoms with Crippen molar-refractivity contribution in [1.29, 1.82) is 0 Å².